The van der Waals surface area contributed by atoms with Crippen LogP contribution in [-0.2, 0) is 11.4 Å². The van der Waals surface area contributed by atoms with Gasteiger partial charge in [-0.3, -0.25) is 4.79 Å². The number of benzene rings is 2. The van der Waals surface area contributed by atoms with Crippen LogP contribution in [0.25, 0.3) is 6.08 Å². The van der Waals surface area contributed by atoms with E-state index in [-0.39, 0.29) is 5.91 Å². The molecule has 3 rings (SSSR count). The third kappa shape index (κ3) is 4.30. The molecule has 0 unspecified atom stereocenters. The number of aliphatic imine (C=N–C) groups is 1. The standard InChI is InChI=1S/C19H17NO2S2/c1-13-4-3-5-15(10-13)12-22-16-8-6-14(7-9-16)11-17-18(21)20-19(23-2)24-17/h3-11H,12H2,1-2H3. The zero-order chi connectivity index (χ0) is 16.9. The van der Waals surface area contributed by atoms with E-state index in [1.807, 2.05) is 42.7 Å². The Morgan fingerprint density at radius 3 is 2.67 bits per heavy atom. The number of rotatable bonds is 4. The Bertz CT molecular complexity index is 810. The second-order valence-electron chi connectivity index (χ2n) is 5.34. The molecular weight excluding hydrogens is 338 g/mol. The topological polar surface area (TPSA) is 38.7 Å². The summed E-state index contributed by atoms with van der Waals surface area (Å²) in [5, 5.41) is 0. The fourth-order valence-corrected chi connectivity index (χ4v) is 3.68. The monoisotopic (exact) mass is 355 g/mol. The summed E-state index contributed by atoms with van der Waals surface area (Å²) in [5.74, 6) is 0.647. The van der Waals surface area contributed by atoms with Gasteiger partial charge in [-0.1, -0.05) is 53.7 Å². The van der Waals surface area contributed by atoms with Crippen molar-refractivity contribution in [2.75, 3.05) is 6.26 Å². The van der Waals surface area contributed by atoms with Crippen LogP contribution in [0, 0.1) is 6.92 Å². The Morgan fingerprint density at radius 1 is 1.21 bits per heavy atom. The molecule has 2 aromatic carbocycles. The maximum absolute atomic E-state index is 11.8. The largest absolute Gasteiger partial charge is 0.489 e. The Morgan fingerprint density at radius 2 is 2.00 bits per heavy atom. The van der Waals surface area contributed by atoms with Crippen LogP contribution in [0.5, 0.6) is 5.75 Å². The maximum Gasteiger partial charge on any atom is 0.285 e. The first-order chi connectivity index (χ1) is 11.6. The van der Waals surface area contributed by atoms with Gasteiger partial charge in [-0.05, 0) is 42.5 Å². The highest BCUT2D eigenvalue weighted by molar-refractivity contribution is 8.40. The van der Waals surface area contributed by atoms with Gasteiger partial charge in [-0.25, -0.2) is 0 Å². The van der Waals surface area contributed by atoms with Gasteiger partial charge in [0, 0.05) is 0 Å². The summed E-state index contributed by atoms with van der Waals surface area (Å²) >= 11 is 2.91. The van der Waals surface area contributed by atoms with Crippen molar-refractivity contribution >= 4 is 39.9 Å². The van der Waals surface area contributed by atoms with E-state index in [0.717, 1.165) is 21.3 Å². The van der Waals surface area contributed by atoms with Gasteiger partial charge in [-0.2, -0.15) is 4.99 Å². The van der Waals surface area contributed by atoms with E-state index in [9.17, 15) is 4.79 Å². The quantitative estimate of drug-likeness (QED) is 0.731. The molecule has 0 saturated carbocycles. The van der Waals surface area contributed by atoms with Crippen molar-refractivity contribution in [2.45, 2.75) is 13.5 Å². The van der Waals surface area contributed by atoms with Crippen LogP contribution in [0.15, 0.2) is 58.4 Å². The van der Waals surface area contributed by atoms with Crippen molar-refractivity contribution < 1.29 is 9.53 Å². The maximum atomic E-state index is 11.8. The summed E-state index contributed by atoms with van der Waals surface area (Å²) in [5.41, 5.74) is 3.34. The number of amides is 1. The molecular formula is C19H17NO2S2. The minimum atomic E-state index is -0.163. The molecule has 0 bridgehead atoms. The van der Waals surface area contributed by atoms with Crippen LogP contribution < -0.4 is 4.74 Å². The van der Waals surface area contributed by atoms with Crippen molar-refractivity contribution in [1.29, 1.82) is 0 Å². The summed E-state index contributed by atoms with van der Waals surface area (Å²) in [6.07, 6.45) is 3.78. The highest BCUT2D eigenvalue weighted by Crippen LogP contribution is 2.32. The minimum absolute atomic E-state index is 0.163. The lowest BCUT2D eigenvalue weighted by Crippen LogP contribution is -1.95. The second kappa shape index (κ2) is 7.73. The molecule has 0 aromatic heterocycles. The fourth-order valence-electron chi connectivity index (χ4n) is 2.26. The predicted octanol–water partition coefficient (Wildman–Crippen LogP) is 4.91. The first-order valence-electron chi connectivity index (χ1n) is 7.49. The molecule has 1 amide bonds. The number of carbonyl (C=O) groups is 1. The molecule has 0 saturated heterocycles. The lowest BCUT2D eigenvalue weighted by molar-refractivity contribution is -0.113. The van der Waals surface area contributed by atoms with Crippen LogP contribution in [0.1, 0.15) is 16.7 Å². The molecule has 0 spiro atoms. The molecule has 122 valence electrons. The van der Waals surface area contributed by atoms with E-state index < -0.39 is 0 Å². The second-order valence-corrected chi connectivity index (χ2v) is 7.43. The van der Waals surface area contributed by atoms with Crippen molar-refractivity contribution in [1.82, 2.24) is 0 Å². The molecule has 3 nitrogen and oxygen atoms in total. The van der Waals surface area contributed by atoms with Gasteiger partial charge in [0.25, 0.3) is 5.91 Å². The van der Waals surface area contributed by atoms with E-state index in [2.05, 4.69) is 30.1 Å². The normalized spacial score (nSPS) is 15.7. The summed E-state index contributed by atoms with van der Waals surface area (Å²) in [6, 6.07) is 16.0. The lowest BCUT2D eigenvalue weighted by atomic mass is 10.1. The van der Waals surface area contributed by atoms with Gasteiger partial charge in [0.15, 0.2) is 0 Å². The summed E-state index contributed by atoms with van der Waals surface area (Å²) in [4.78, 5) is 16.4. The molecule has 2 aromatic rings. The smallest absolute Gasteiger partial charge is 0.285 e. The summed E-state index contributed by atoms with van der Waals surface area (Å²) in [7, 11) is 0. The van der Waals surface area contributed by atoms with Gasteiger partial charge < -0.3 is 4.74 Å². The molecule has 0 fully saturated rings. The minimum Gasteiger partial charge on any atom is -0.489 e. The highest BCUT2D eigenvalue weighted by atomic mass is 32.2. The third-order valence-electron chi connectivity index (χ3n) is 3.44. The third-order valence-corrected chi connectivity index (χ3v) is 5.41. The number of thioether (sulfide) groups is 2. The van der Waals surface area contributed by atoms with Gasteiger partial charge in [0.05, 0.1) is 4.91 Å². The number of aryl methyl sites for hydroxylation is 1. The van der Waals surface area contributed by atoms with E-state index in [4.69, 9.17) is 4.74 Å². The van der Waals surface area contributed by atoms with Crippen LogP contribution in [-0.4, -0.2) is 16.5 Å². The average molecular weight is 355 g/mol. The molecule has 0 aliphatic carbocycles. The van der Waals surface area contributed by atoms with Crippen molar-refractivity contribution in [3.05, 3.63) is 70.1 Å². The number of hydrogen-bond donors (Lipinski definition) is 0. The van der Waals surface area contributed by atoms with Crippen LogP contribution >= 0.6 is 23.5 Å². The molecule has 0 N–H and O–H groups in total. The Balaban J connectivity index is 1.63. The lowest BCUT2D eigenvalue weighted by Gasteiger charge is -2.07. The van der Waals surface area contributed by atoms with Gasteiger partial charge in [0.2, 0.25) is 0 Å². The molecule has 1 aliphatic rings. The SMILES string of the molecule is CSC1=NC(=O)C(=Cc2ccc(OCc3cccc(C)c3)cc2)S1. The molecule has 0 atom stereocenters. The molecule has 0 radical (unpaired) electrons. The average Bonchev–Trinajstić information content (AvgIpc) is 2.94. The fraction of sp³-hybridized carbons (Fsp3) is 0.158. The number of carbonyl (C=O) groups excluding carboxylic acids is 1. The molecule has 24 heavy (non-hydrogen) atoms. The molecule has 5 heteroatoms. The van der Waals surface area contributed by atoms with Crippen LogP contribution in [0.2, 0.25) is 0 Å². The zero-order valence-corrected chi connectivity index (χ0v) is 15.1. The Labute approximate surface area is 150 Å². The number of nitrogens with zero attached hydrogens (tertiary/aromatic N) is 1. The van der Waals surface area contributed by atoms with Crippen molar-refractivity contribution in [2.24, 2.45) is 4.99 Å². The van der Waals surface area contributed by atoms with Gasteiger partial charge in [0.1, 0.15) is 16.7 Å². The van der Waals surface area contributed by atoms with Gasteiger partial charge in [-0.15, -0.1) is 11.8 Å². The van der Waals surface area contributed by atoms with E-state index >= 15 is 0 Å². The first-order valence-corrected chi connectivity index (χ1v) is 9.53. The molecule has 1 heterocycles. The van der Waals surface area contributed by atoms with E-state index in [1.54, 1.807) is 0 Å². The Kier molecular flexibility index (Phi) is 5.43. The number of ether oxygens (including phenoxy) is 1. The van der Waals surface area contributed by atoms with Crippen molar-refractivity contribution in [3.8, 4) is 5.75 Å². The van der Waals surface area contributed by atoms with E-state index in [1.165, 1.54) is 29.1 Å². The van der Waals surface area contributed by atoms with Crippen LogP contribution in [0.3, 0.4) is 0 Å². The van der Waals surface area contributed by atoms with Crippen molar-refractivity contribution in [3.63, 3.8) is 0 Å². The Hall–Kier alpha value is -1.98. The van der Waals surface area contributed by atoms with E-state index in [0.29, 0.717) is 11.5 Å². The zero-order valence-electron chi connectivity index (χ0n) is 13.5. The summed E-state index contributed by atoms with van der Waals surface area (Å²) < 4.78 is 6.60. The molecule has 1 aliphatic heterocycles. The van der Waals surface area contributed by atoms with Crippen LogP contribution in [0.4, 0.5) is 0 Å². The number of hydrogen-bond acceptors (Lipinski definition) is 4. The highest BCUT2D eigenvalue weighted by Gasteiger charge is 2.20. The predicted molar refractivity (Wildman–Crippen MR) is 103 cm³/mol. The summed E-state index contributed by atoms with van der Waals surface area (Å²) in [6.45, 7) is 2.61. The first kappa shape index (κ1) is 16.9. The van der Waals surface area contributed by atoms with Gasteiger partial charge >= 0.3 is 0 Å².